The third kappa shape index (κ3) is 6.99. The number of hydrogen-bond donors (Lipinski definition) is 0. The summed E-state index contributed by atoms with van der Waals surface area (Å²) in [5, 5.41) is 8.71. The molecule has 5 aromatic carbocycles. The average molecular weight is 671 g/mol. The molecule has 0 saturated carbocycles. The number of aryl methyl sites for hydroxylation is 1. The summed E-state index contributed by atoms with van der Waals surface area (Å²) in [7, 11) is -2.69. The van der Waals surface area contributed by atoms with Gasteiger partial charge in [-0.25, -0.2) is 0 Å². The van der Waals surface area contributed by atoms with Crippen LogP contribution in [0.3, 0.4) is 0 Å². The van der Waals surface area contributed by atoms with Gasteiger partial charge in [-0.15, -0.1) is 76.9 Å². The first-order valence-corrected chi connectivity index (χ1v) is 16.2. The molecule has 5 aromatic rings. The van der Waals surface area contributed by atoms with Crippen molar-refractivity contribution in [2.45, 2.75) is 66.2 Å². The molecule has 0 amide bonds. The second-order valence-electron chi connectivity index (χ2n) is 11.9. The zero-order valence-electron chi connectivity index (χ0n) is 25.8. The Morgan fingerprint density at radius 1 is 0.500 bits per heavy atom. The summed E-state index contributed by atoms with van der Waals surface area (Å²) >= 11 is 0. The van der Waals surface area contributed by atoms with Crippen molar-refractivity contribution in [3.63, 3.8) is 0 Å². The number of halogens is 3. The molecule has 0 heterocycles. The molecule has 0 aromatic heterocycles. The van der Waals surface area contributed by atoms with Crippen molar-refractivity contribution >= 4 is 76.8 Å². The molecule has 0 radical (unpaired) electrons. The van der Waals surface area contributed by atoms with E-state index >= 15 is 0 Å². The minimum Gasteiger partial charge on any atom is -0.165 e. The largest absolute Gasteiger partial charge is 0.165 e. The molecule has 42 heavy (non-hydrogen) atoms. The van der Waals surface area contributed by atoms with Crippen LogP contribution in [0.4, 0.5) is 0 Å². The normalized spacial score (nSPS) is 11.1. The molecule has 5 rings (SSSR count). The Labute approximate surface area is 288 Å². The number of benzene rings is 4. The van der Waals surface area contributed by atoms with Gasteiger partial charge in [0.05, 0.1) is 0 Å². The molecule has 0 nitrogen and oxygen atoms in total. The van der Waals surface area contributed by atoms with Crippen molar-refractivity contribution in [2.24, 2.45) is 0 Å². The number of fused-ring (bicyclic) bond motifs is 1. The fraction of sp³-hybridized carbons (Fsp3) is 0.270. The molecule has 0 fully saturated rings. The Bertz CT molecular complexity index is 1460. The van der Waals surface area contributed by atoms with Crippen LogP contribution in [0.25, 0.3) is 10.8 Å². The summed E-state index contributed by atoms with van der Waals surface area (Å²) < 4.78 is 0. The molecule has 0 unspecified atom stereocenters. The first kappa shape index (κ1) is 38.3. The van der Waals surface area contributed by atoms with Crippen LogP contribution >= 0.6 is 37.2 Å². The fourth-order valence-electron chi connectivity index (χ4n) is 6.19. The zero-order chi connectivity index (χ0) is 27.0. The Morgan fingerprint density at radius 2 is 0.881 bits per heavy atom. The van der Waals surface area contributed by atoms with Crippen LogP contribution in [0.2, 0.25) is 0 Å². The topological polar surface area (TPSA) is 0 Å². The van der Waals surface area contributed by atoms with Gasteiger partial charge in [0, 0.05) is 21.7 Å². The third-order valence-corrected chi connectivity index (χ3v) is 13.3. The van der Waals surface area contributed by atoms with Crippen LogP contribution in [-0.4, -0.2) is 8.07 Å². The third-order valence-electron chi connectivity index (χ3n) is 8.33. The first-order chi connectivity index (χ1) is 18.2. The van der Waals surface area contributed by atoms with Gasteiger partial charge in [-0.3, -0.25) is 0 Å². The molecule has 0 saturated heterocycles. The van der Waals surface area contributed by atoms with Gasteiger partial charge in [0.2, 0.25) is 0 Å². The van der Waals surface area contributed by atoms with E-state index in [9.17, 15) is 0 Å². The van der Waals surface area contributed by atoms with Gasteiger partial charge in [-0.05, 0) is 34.4 Å². The van der Waals surface area contributed by atoms with Crippen LogP contribution in [0.5, 0.6) is 0 Å². The van der Waals surface area contributed by atoms with E-state index in [4.69, 9.17) is 0 Å². The van der Waals surface area contributed by atoms with Gasteiger partial charge in [0.15, 0.2) is 0 Å². The minimum atomic E-state index is -2.69. The van der Waals surface area contributed by atoms with E-state index in [2.05, 4.69) is 152 Å². The summed E-state index contributed by atoms with van der Waals surface area (Å²) in [5.41, 5.74) is 5.63. The van der Waals surface area contributed by atoms with E-state index < -0.39 is 8.07 Å². The summed E-state index contributed by atoms with van der Waals surface area (Å²) in [4.78, 5) is 0. The Hall–Kier alpha value is -1.71. The SMILES string of the molecule is Cc1cc2ccccc2[c-]1[Si](c1cccc(C(C)C)c1)(c1cccc(C(C)C)c1)c1cccc(C(C)C)c1.Cl.Cl.Cl.[Ti]. The van der Waals surface area contributed by atoms with E-state index in [1.54, 1.807) is 0 Å². The maximum atomic E-state index is 2.53. The molecule has 5 heteroatoms. The smallest absolute Gasteiger partial charge is 0.135 e. The summed E-state index contributed by atoms with van der Waals surface area (Å²) in [5.74, 6) is 1.43. The van der Waals surface area contributed by atoms with Crippen molar-refractivity contribution in [2.75, 3.05) is 0 Å². The van der Waals surface area contributed by atoms with Crippen molar-refractivity contribution in [1.82, 2.24) is 0 Å². The zero-order valence-corrected chi connectivity index (χ0v) is 30.8. The maximum absolute atomic E-state index is 2.69. The molecular weight excluding hydrogens is 627 g/mol. The van der Waals surface area contributed by atoms with Crippen molar-refractivity contribution in [3.8, 4) is 0 Å². The molecule has 0 aliphatic rings. The summed E-state index contributed by atoms with van der Waals surface area (Å²) in [6.45, 7) is 16.2. The molecule has 0 aliphatic heterocycles. The average Bonchev–Trinajstić information content (AvgIpc) is 3.26. The molecule has 0 N–H and O–H groups in total. The first-order valence-electron chi connectivity index (χ1n) is 14.2. The van der Waals surface area contributed by atoms with Gasteiger partial charge in [0.25, 0.3) is 0 Å². The van der Waals surface area contributed by atoms with Crippen molar-refractivity contribution < 1.29 is 21.7 Å². The second kappa shape index (κ2) is 15.8. The molecular formula is C37H44Cl3SiTi-. The molecule has 0 spiro atoms. The number of rotatable bonds is 7. The summed E-state index contributed by atoms with van der Waals surface area (Å²) in [6, 6.07) is 40.1. The minimum absolute atomic E-state index is 0. The van der Waals surface area contributed by atoms with Gasteiger partial charge in [-0.2, -0.15) is 6.07 Å². The maximum Gasteiger partial charge on any atom is 0.135 e. The molecule has 222 valence electrons. The van der Waals surface area contributed by atoms with Gasteiger partial charge >= 0.3 is 0 Å². The van der Waals surface area contributed by atoms with E-state index in [1.165, 1.54) is 53.8 Å². The fourth-order valence-corrected chi connectivity index (χ4v) is 11.5. The summed E-state index contributed by atoms with van der Waals surface area (Å²) in [6.07, 6.45) is 0. The van der Waals surface area contributed by atoms with Crippen LogP contribution in [0.1, 0.15) is 81.5 Å². The van der Waals surface area contributed by atoms with Crippen LogP contribution in [0.15, 0.2) is 103 Å². The predicted molar refractivity (Wildman–Crippen MR) is 192 cm³/mol. The van der Waals surface area contributed by atoms with Gasteiger partial charge in [0.1, 0.15) is 8.07 Å². The second-order valence-corrected chi connectivity index (χ2v) is 15.6. The van der Waals surface area contributed by atoms with E-state index in [0.717, 1.165) is 0 Å². The predicted octanol–water partition coefficient (Wildman–Crippen LogP) is 8.88. The van der Waals surface area contributed by atoms with Gasteiger partial charge < -0.3 is 0 Å². The molecule has 0 atom stereocenters. The van der Waals surface area contributed by atoms with Crippen LogP contribution in [0, 0.1) is 6.92 Å². The standard InChI is InChI=1S/C37H41Si.3ClH.Ti/c1-25(2)29-14-10-17-33(22-29)38(34-18-11-15-30(23-34)26(3)4,35-19-12-16-31(24-35)27(5)6)37-28(7)21-32-13-8-9-20-36(32)37;;;;/h8-27H,1-7H3;3*1H;/q-1;;;;. The molecule has 0 aliphatic carbocycles. The number of hydrogen-bond acceptors (Lipinski definition) is 0. The van der Waals surface area contributed by atoms with Crippen LogP contribution in [-0.2, 0) is 21.7 Å². The quantitative estimate of drug-likeness (QED) is 0.0922. The van der Waals surface area contributed by atoms with E-state index in [0.29, 0.717) is 17.8 Å². The Morgan fingerprint density at radius 3 is 1.26 bits per heavy atom. The Balaban J connectivity index is 0.00000220. The van der Waals surface area contributed by atoms with Crippen molar-refractivity contribution in [1.29, 1.82) is 0 Å². The van der Waals surface area contributed by atoms with Crippen LogP contribution < -0.4 is 20.7 Å². The van der Waals surface area contributed by atoms with E-state index in [1.807, 2.05) is 0 Å². The molecule has 0 bridgehead atoms. The van der Waals surface area contributed by atoms with Gasteiger partial charge in [-0.1, -0.05) is 143 Å². The monoisotopic (exact) mass is 669 g/mol. The van der Waals surface area contributed by atoms with E-state index in [-0.39, 0.29) is 58.9 Å². The Kier molecular flexibility index (Phi) is 14.5. The van der Waals surface area contributed by atoms with Crippen molar-refractivity contribution in [3.05, 3.63) is 125 Å².